The number of benzene rings is 1. The molecule has 6 rings (SSSR count). The molecule has 35 heavy (non-hydrogen) atoms. The predicted molar refractivity (Wildman–Crippen MR) is 135 cm³/mol. The molecule has 2 aliphatic heterocycles. The number of anilines is 2. The second-order valence-corrected chi connectivity index (χ2v) is 10.2. The number of halogens is 1. The van der Waals surface area contributed by atoms with E-state index in [1.165, 1.54) is 0 Å². The van der Waals surface area contributed by atoms with E-state index in [1.54, 1.807) is 18.3 Å². The highest BCUT2D eigenvalue weighted by atomic mass is 35.5. The van der Waals surface area contributed by atoms with Crippen LogP contribution in [0.3, 0.4) is 0 Å². The third-order valence-corrected chi connectivity index (χ3v) is 7.90. The van der Waals surface area contributed by atoms with Crippen LogP contribution in [0, 0.1) is 0 Å². The molecule has 1 aromatic carbocycles. The first-order valence-corrected chi connectivity index (χ1v) is 12.7. The SMILES string of the molecule is O=C1Nc2c(Cl)cc3cc(C(=O)NC4CCN(c5cccnc5)CC4)oc3c2C2(CCCCC2)N1. The van der Waals surface area contributed by atoms with Crippen LogP contribution in [-0.2, 0) is 5.54 Å². The summed E-state index contributed by atoms with van der Waals surface area (Å²) in [6, 6.07) is 7.35. The number of urea groups is 1. The molecule has 3 aromatic rings. The molecular formula is C26H28ClN5O3. The van der Waals surface area contributed by atoms with Gasteiger partial charge in [-0.3, -0.25) is 9.78 Å². The van der Waals surface area contributed by atoms with Gasteiger partial charge in [0.25, 0.3) is 5.91 Å². The number of amides is 3. The van der Waals surface area contributed by atoms with E-state index in [2.05, 4.69) is 31.9 Å². The van der Waals surface area contributed by atoms with Gasteiger partial charge in [-0.2, -0.15) is 0 Å². The second-order valence-electron chi connectivity index (χ2n) is 9.81. The predicted octanol–water partition coefficient (Wildman–Crippen LogP) is 5.17. The van der Waals surface area contributed by atoms with Crippen molar-refractivity contribution in [2.45, 2.75) is 56.5 Å². The second kappa shape index (κ2) is 8.75. The summed E-state index contributed by atoms with van der Waals surface area (Å²) in [5.74, 6) is 0.0402. The molecule has 8 nitrogen and oxygen atoms in total. The van der Waals surface area contributed by atoms with Crippen molar-refractivity contribution >= 4 is 45.9 Å². The maximum Gasteiger partial charge on any atom is 0.319 e. The van der Waals surface area contributed by atoms with Crippen LogP contribution in [0.4, 0.5) is 16.2 Å². The largest absolute Gasteiger partial charge is 0.450 e. The molecule has 0 atom stereocenters. The van der Waals surface area contributed by atoms with Crippen LogP contribution in [0.5, 0.6) is 0 Å². The number of nitrogens with one attached hydrogen (secondary N) is 3. The zero-order valence-corrected chi connectivity index (χ0v) is 20.2. The van der Waals surface area contributed by atoms with E-state index in [9.17, 15) is 9.59 Å². The summed E-state index contributed by atoms with van der Waals surface area (Å²) < 4.78 is 6.20. The Labute approximate surface area is 208 Å². The van der Waals surface area contributed by atoms with Crippen molar-refractivity contribution < 1.29 is 14.0 Å². The monoisotopic (exact) mass is 493 g/mol. The average molecular weight is 494 g/mol. The van der Waals surface area contributed by atoms with Gasteiger partial charge in [0.2, 0.25) is 0 Å². The molecule has 2 aromatic heterocycles. The number of hydrogen-bond donors (Lipinski definition) is 3. The fraction of sp³-hybridized carbons (Fsp3) is 0.423. The highest BCUT2D eigenvalue weighted by Gasteiger charge is 2.44. The molecule has 3 aliphatic rings. The van der Waals surface area contributed by atoms with Crippen molar-refractivity contribution in [3.8, 4) is 0 Å². The van der Waals surface area contributed by atoms with Crippen molar-refractivity contribution in [1.29, 1.82) is 0 Å². The minimum atomic E-state index is -0.524. The number of hydrogen-bond acceptors (Lipinski definition) is 5. The molecule has 1 spiro atoms. The quantitative estimate of drug-likeness (QED) is 0.467. The van der Waals surface area contributed by atoms with Gasteiger partial charge in [0.1, 0.15) is 5.58 Å². The highest BCUT2D eigenvalue weighted by molar-refractivity contribution is 6.35. The lowest BCUT2D eigenvalue weighted by Crippen LogP contribution is -2.52. The molecule has 4 heterocycles. The van der Waals surface area contributed by atoms with Crippen LogP contribution in [-0.4, -0.2) is 36.1 Å². The first-order valence-electron chi connectivity index (χ1n) is 12.3. The average Bonchev–Trinajstić information content (AvgIpc) is 3.29. The lowest BCUT2D eigenvalue weighted by molar-refractivity contribution is 0.0904. The first kappa shape index (κ1) is 22.2. The Hall–Kier alpha value is -3.26. The van der Waals surface area contributed by atoms with Gasteiger partial charge in [0, 0.05) is 36.3 Å². The van der Waals surface area contributed by atoms with E-state index in [1.807, 2.05) is 12.3 Å². The van der Waals surface area contributed by atoms with E-state index in [0.717, 1.165) is 74.7 Å². The van der Waals surface area contributed by atoms with Crippen molar-refractivity contribution in [3.63, 3.8) is 0 Å². The zero-order valence-electron chi connectivity index (χ0n) is 19.4. The summed E-state index contributed by atoms with van der Waals surface area (Å²) in [5.41, 5.74) is 2.66. The Morgan fingerprint density at radius 2 is 2.00 bits per heavy atom. The Morgan fingerprint density at radius 3 is 2.74 bits per heavy atom. The lowest BCUT2D eigenvalue weighted by atomic mass is 9.74. The van der Waals surface area contributed by atoms with Crippen LogP contribution in [0.2, 0.25) is 5.02 Å². The summed E-state index contributed by atoms with van der Waals surface area (Å²) in [5, 5.41) is 10.4. The molecule has 0 unspecified atom stereocenters. The summed E-state index contributed by atoms with van der Waals surface area (Å²) in [4.78, 5) is 32.1. The molecule has 0 radical (unpaired) electrons. The number of carbonyl (C=O) groups is 2. The van der Waals surface area contributed by atoms with Crippen LogP contribution in [0.1, 0.15) is 61.1 Å². The first-order chi connectivity index (χ1) is 17.0. The molecule has 0 bridgehead atoms. The van der Waals surface area contributed by atoms with Gasteiger partial charge in [-0.05, 0) is 49.9 Å². The fourth-order valence-corrected chi connectivity index (χ4v) is 6.13. The van der Waals surface area contributed by atoms with Crippen molar-refractivity contribution in [1.82, 2.24) is 15.6 Å². The van der Waals surface area contributed by atoms with Crippen LogP contribution < -0.4 is 20.9 Å². The number of rotatable bonds is 3. The molecule has 9 heteroatoms. The summed E-state index contributed by atoms with van der Waals surface area (Å²) in [6.07, 6.45) is 10.1. The standard InChI is InChI=1S/C26H28ClN5O3/c27-19-13-16-14-20(24(33)29-17-6-11-32(12-7-17)18-5-4-10-28-15-18)35-23(16)21-22(19)30-25(34)31-26(21)8-2-1-3-9-26/h4-5,10,13-15,17H,1-3,6-9,11-12H2,(H,29,33)(H2,30,31,34). The number of carbonyl (C=O) groups excluding carboxylic acids is 2. The third-order valence-electron chi connectivity index (χ3n) is 7.60. The Bertz CT molecular complexity index is 1280. The van der Waals surface area contributed by atoms with Gasteiger partial charge >= 0.3 is 6.03 Å². The highest BCUT2D eigenvalue weighted by Crippen LogP contribution is 2.49. The van der Waals surface area contributed by atoms with E-state index < -0.39 is 5.54 Å². The number of piperidine rings is 1. The van der Waals surface area contributed by atoms with Gasteiger partial charge < -0.3 is 25.3 Å². The molecule has 1 saturated carbocycles. The maximum atomic E-state index is 13.2. The van der Waals surface area contributed by atoms with E-state index in [-0.39, 0.29) is 23.7 Å². The minimum absolute atomic E-state index is 0.0757. The smallest absolute Gasteiger partial charge is 0.319 e. The van der Waals surface area contributed by atoms with Gasteiger partial charge in [0.15, 0.2) is 5.76 Å². The Kier molecular flexibility index (Phi) is 5.56. The summed E-state index contributed by atoms with van der Waals surface area (Å²) in [7, 11) is 0. The normalized spacial score (nSPS) is 19.8. The van der Waals surface area contributed by atoms with E-state index in [0.29, 0.717) is 16.3 Å². The third kappa shape index (κ3) is 3.99. The van der Waals surface area contributed by atoms with E-state index in [4.69, 9.17) is 16.0 Å². The minimum Gasteiger partial charge on any atom is -0.450 e. The van der Waals surface area contributed by atoms with Crippen molar-refractivity contribution in [2.24, 2.45) is 0 Å². The Morgan fingerprint density at radius 1 is 1.20 bits per heavy atom. The molecule has 1 aliphatic carbocycles. The molecule has 182 valence electrons. The maximum absolute atomic E-state index is 13.2. The number of fused-ring (bicyclic) bond motifs is 4. The van der Waals surface area contributed by atoms with Gasteiger partial charge in [-0.15, -0.1) is 0 Å². The molecule has 3 amide bonds. The van der Waals surface area contributed by atoms with Crippen LogP contribution in [0.15, 0.2) is 41.1 Å². The molecule has 2 fully saturated rings. The zero-order chi connectivity index (χ0) is 24.0. The van der Waals surface area contributed by atoms with Gasteiger partial charge in [-0.1, -0.05) is 30.9 Å². The lowest BCUT2D eigenvalue weighted by Gasteiger charge is -2.42. The fourth-order valence-electron chi connectivity index (χ4n) is 5.87. The van der Waals surface area contributed by atoms with Crippen molar-refractivity contribution in [3.05, 3.63) is 53.0 Å². The van der Waals surface area contributed by atoms with Crippen LogP contribution >= 0.6 is 11.6 Å². The summed E-state index contributed by atoms with van der Waals surface area (Å²) in [6.45, 7) is 1.71. The molecule has 3 N–H and O–H groups in total. The van der Waals surface area contributed by atoms with E-state index >= 15 is 0 Å². The summed E-state index contributed by atoms with van der Waals surface area (Å²) >= 11 is 6.60. The van der Waals surface area contributed by atoms with Gasteiger partial charge in [-0.25, -0.2) is 4.79 Å². The number of pyridine rings is 1. The number of furan rings is 1. The van der Waals surface area contributed by atoms with Crippen LogP contribution in [0.25, 0.3) is 11.0 Å². The Balaban J connectivity index is 1.25. The topological polar surface area (TPSA) is 99.5 Å². The van der Waals surface area contributed by atoms with Gasteiger partial charge in [0.05, 0.1) is 28.1 Å². The molecular weight excluding hydrogens is 466 g/mol. The van der Waals surface area contributed by atoms with Crippen molar-refractivity contribution in [2.75, 3.05) is 23.3 Å². The number of aromatic nitrogens is 1. The molecule has 1 saturated heterocycles. The number of nitrogens with zero attached hydrogens (tertiary/aromatic N) is 2.